The van der Waals surface area contributed by atoms with Crippen LogP contribution in [0, 0.1) is 11.3 Å². The number of hydrogen-bond donors (Lipinski definition) is 1. The van der Waals surface area contributed by atoms with Crippen molar-refractivity contribution in [3.63, 3.8) is 0 Å². The Labute approximate surface area is 125 Å². The van der Waals surface area contributed by atoms with Crippen molar-refractivity contribution in [3.8, 4) is 0 Å². The maximum Gasteiger partial charge on any atom is 0.313 e. The Morgan fingerprint density at radius 1 is 1.25 bits per heavy atom. The molecule has 1 N–H and O–H groups in total. The average Bonchev–Trinajstić information content (AvgIpc) is 2.43. The molecule has 3 nitrogen and oxygen atoms in total. The van der Waals surface area contributed by atoms with Gasteiger partial charge in [-0.05, 0) is 31.9 Å². The van der Waals surface area contributed by atoms with E-state index >= 15 is 0 Å². The zero-order valence-corrected chi connectivity index (χ0v) is 13.6. The molecule has 1 aromatic carbocycles. The zero-order valence-electron chi connectivity index (χ0n) is 12.8. The van der Waals surface area contributed by atoms with Gasteiger partial charge in [-0.25, -0.2) is 0 Å². The predicted molar refractivity (Wildman–Crippen MR) is 82.7 cm³/mol. The topological polar surface area (TPSA) is 46.5 Å². The molecule has 112 valence electrons. The number of benzene rings is 1. The lowest BCUT2D eigenvalue weighted by Gasteiger charge is -2.35. The number of thioether (sulfide) groups is 1. The third-order valence-corrected chi connectivity index (χ3v) is 5.05. The maximum absolute atomic E-state index is 11.9. The highest BCUT2D eigenvalue weighted by Crippen LogP contribution is 2.37. The van der Waals surface area contributed by atoms with Crippen LogP contribution in [0.25, 0.3) is 0 Å². The second kappa shape index (κ2) is 7.14. The van der Waals surface area contributed by atoms with Gasteiger partial charge in [0.1, 0.15) is 0 Å². The van der Waals surface area contributed by atoms with E-state index in [2.05, 4.69) is 13.8 Å². The van der Waals surface area contributed by atoms with E-state index in [0.717, 1.165) is 4.90 Å². The van der Waals surface area contributed by atoms with E-state index in [1.807, 2.05) is 30.3 Å². The first-order valence-corrected chi connectivity index (χ1v) is 7.66. The van der Waals surface area contributed by atoms with Gasteiger partial charge in [0, 0.05) is 10.1 Å². The number of methoxy groups -OCH3 is 1. The monoisotopic (exact) mass is 296 g/mol. The van der Waals surface area contributed by atoms with Gasteiger partial charge in [-0.15, -0.1) is 11.8 Å². The molecule has 0 heterocycles. The normalized spacial score (nSPS) is 14.9. The number of ether oxygens (including phenoxy) is 1. The Balaban J connectivity index is 2.94. The van der Waals surface area contributed by atoms with E-state index in [1.54, 1.807) is 25.6 Å². The van der Waals surface area contributed by atoms with E-state index in [-0.39, 0.29) is 17.1 Å². The van der Waals surface area contributed by atoms with Crippen molar-refractivity contribution in [1.82, 2.24) is 0 Å². The fourth-order valence-corrected chi connectivity index (χ4v) is 3.39. The highest BCUT2D eigenvalue weighted by atomic mass is 32.2. The van der Waals surface area contributed by atoms with Crippen LogP contribution in [0.3, 0.4) is 0 Å². The van der Waals surface area contributed by atoms with Crippen LogP contribution in [-0.2, 0) is 9.53 Å². The highest BCUT2D eigenvalue weighted by Gasteiger charge is 2.42. The van der Waals surface area contributed by atoms with Crippen molar-refractivity contribution < 1.29 is 14.6 Å². The maximum atomic E-state index is 11.9. The molecule has 0 saturated carbocycles. The smallest absolute Gasteiger partial charge is 0.313 e. The van der Waals surface area contributed by atoms with Crippen molar-refractivity contribution in [1.29, 1.82) is 0 Å². The molecule has 0 aliphatic carbocycles. The Morgan fingerprint density at radius 3 is 2.25 bits per heavy atom. The van der Waals surface area contributed by atoms with Crippen LogP contribution in [0.2, 0.25) is 0 Å². The summed E-state index contributed by atoms with van der Waals surface area (Å²) in [7, 11) is 1.35. The van der Waals surface area contributed by atoms with E-state index in [4.69, 9.17) is 4.74 Å². The Morgan fingerprint density at radius 2 is 1.80 bits per heavy atom. The molecule has 2 atom stereocenters. The van der Waals surface area contributed by atoms with Crippen LogP contribution in [0.1, 0.15) is 27.7 Å². The summed E-state index contributed by atoms with van der Waals surface area (Å²) in [6.07, 6.45) is -0.778. The molecule has 4 heteroatoms. The van der Waals surface area contributed by atoms with E-state index in [0.29, 0.717) is 0 Å². The predicted octanol–water partition coefficient (Wildman–Crippen LogP) is 3.36. The van der Waals surface area contributed by atoms with Crippen LogP contribution < -0.4 is 0 Å². The number of carbonyl (C=O) groups excluding carboxylic acids is 1. The van der Waals surface area contributed by atoms with Gasteiger partial charge in [0.05, 0.1) is 18.6 Å². The number of carbonyl (C=O) groups is 1. The fraction of sp³-hybridized carbons (Fsp3) is 0.562. The van der Waals surface area contributed by atoms with Gasteiger partial charge < -0.3 is 9.84 Å². The molecule has 0 aliphatic rings. The first kappa shape index (κ1) is 17.1. The Hall–Kier alpha value is -1.00. The summed E-state index contributed by atoms with van der Waals surface area (Å²) in [5.74, 6) is -0.150. The minimum atomic E-state index is -0.925. The SMILES string of the molecule is COC(=O)C(C)(C)[C@@H](O)[C@@H](Sc1ccccc1)C(C)C. The zero-order chi connectivity index (χ0) is 15.3. The van der Waals surface area contributed by atoms with Crippen molar-refractivity contribution in [2.24, 2.45) is 11.3 Å². The lowest BCUT2D eigenvalue weighted by molar-refractivity contribution is -0.157. The van der Waals surface area contributed by atoms with Gasteiger partial charge in [0.2, 0.25) is 0 Å². The van der Waals surface area contributed by atoms with Crippen molar-refractivity contribution >= 4 is 17.7 Å². The number of aliphatic hydroxyl groups excluding tert-OH is 1. The molecule has 0 amide bonds. The summed E-state index contributed by atoms with van der Waals surface area (Å²) >= 11 is 1.60. The summed E-state index contributed by atoms with van der Waals surface area (Å²) in [6, 6.07) is 9.92. The lowest BCUT2D eigenvalue weighted by atomic mass is 9.82. The lowest BCUT2D eigenvalue weighted by Crippen LogP contribution is -2.45. The summed E-state index contributed by atoms with van der Waals surface area (Å²) in [5.41, 5.74) is -0.925. The number of hydrogen-bond acceptors (Lipinski definition) is 4. The van der Waals surface area contributed by atoms with E-state index < -0.39 is 11.5 Å². The minimum Gasteiger partial charge on any atom is -0.469 e. The third kappa shape index (κ3) is 4.00. The Bertz CT molecular complexity index is 429. The van der Waals surface area contributed by atoms with Crippen LogP contribution in [0.5, 0.6) is 0 Å². The molecule has 0 bridgehead atoms. The van der Waals surface area contributed by atoms with Gasteiger partial charge in [0.15, 0.2) is 0 Å². The molecule has 0 spiro atoms. The van der Waals surface area contributed by atoms with Crippen LogP contribution in [-0.4, -0.2) is 29.5 Å². The molecule has 0 saturated heterocycles. The molecule has 0 aromatic heterocycles. The summed E-state index contributed by atoms with van der Waals surface area (Å²) < 4.78 is 4.81. The largest absolute Gasteiger partial charge is 0.469 e. The molecule has 0 unspecified atom stereocenters. The molecular formula is C16H24O3S. The number of rotatable bonds is 6. The molecule has 20 heavy (non-hydrogen) atoms. The number of esters is 1. The van der Waals surface area contributed by atoms with Gasteiger partial charge in [-0.2, -0.15) is 0 Å². The van der Waals surface area contributed by atoms with Crippen LogP contribution >= 0.6 is 11.8 Å². The molecule has 0 aliphatic heterocycles. The van der Waals surface area contributed by atoms with Gasteiger partial charge in [-0.1, -0.05) is 32.0 Å². The van der Waals surface area contributed by atoms with E-state index in [9.17, 15) is 9.90 Å². The Kier molecular flexibility index (Phi) is 6.08. The standard InChI is InChI=1S/C16H24O3S/c1-11(2)13(20-12-9-7-6-8-10-12)14(17)16(3,4)15(18)19-5/h6-11,13-14,17H,1-5H3/t13-,14-/m0/s1. The van der Waals surface area contributed by atoms with Gasteiger partial charge >= 0.3 is 5.97 Å². The van der Waals surface area contributed by atoms with E-state index in [1.165, 1.54) is 7.11 Å². The van der Waals surface area contributed by atoms with Crippen molar-refractivity contribution in [3.05, 3.63) is 30.3 Å². The second-order valence-corrected chi connectivity index (χ2v) is 7.05. The van der Waals surface area contributed by atoms with Crippen molar-refractivity contribution in [2.75, 3.05) is 7.11 Å². The molecular weight excluding hydrogens is 272 g/mol. The molecule has 0 radical (unpaired) electrons. The second-order valence-electron chi connectivity index (χ2n) is 5.80. The molecule has 0 fully saturated rings. The van der Waals surface area contributed by atoms with Crippen molar-refractivity contribution in [2.45, 2.75) is 43.9 Å². The molecule has 1 aromatic rings. The highest BCUT2D eigenvalue weighted by molar-refractivity contribution is 8.00. The van der Waals surface area contributed by atoms with Gasteiger partial charge in [0.25, 0.3) is 0 Å². The minimum absolute atomic E-state index is 0.0773. The summed E-state index contributed by atoms with van der Waals surface area (Å²) in [5, 5.41) is 10.6. The van der Waals surface area contributed by atoms with Crippen LogP contribution in [0.4, 0.5) is 0 Å². The first-order chi connectivity index (χ1) is 9.30. The van der Waals surface area contributed by atoms with Crippen LogP contribution in [0.15, 0.2) is 35.2 Å². The fourth-order valence-electron chi connectivity index (χ4n) is 2.02. The van der Waals surface area contributed by atoms with Gasteiger partial charge in [-0.3, -0.25) is 4.79 Å². The quantitative estimate of drug-likeness (QED) is 0.646. The first-order valence-electron chi connectivity index (χ1n) is 6.79. The molecule has 1 rings (SSSR count). The number of aliphatic hydroxyl groups is 1. The summed E-state index contributed by atoms with van der Waals surface area (Å²) in [6.45, 7) is 7.56. The summed E-state index contributed by atoms with van der Waals surface area (Å²) in [4.78, 5) is 13.0. The third-order valence-electron chi connectivity index (χ3n) is 3.43. The average molecular weight is 296 g/mol.